The van der Waals surface area contributed by atoms with E-state index in [1.807, 2.05) is 20.0 Å². The van der Waals surface area contributed by atoms with E-state index in [9.17, 15) is 0 Å². The van der Waals surface area contributed by atoms with Crippen LogP contribution in [0, 0.1) is 13.8 Å². The van der Waals surface area contributed by atoms with Gasteiger partial charge in [-0.2, -0.15) is 0 Å². The maximum absolute atomic E-state index is 6.43. The Labute approximate surface area is 108 Å². The molecule has 0 bridgehead atoms. The van der Waals surface area contributed by atoms with E-state index in [2.05, 4.69) is 21.9 Å². The van der Waals surface area contributed by atoms with Gasteiger partial charge < -0.3 is 4.90 Å². The van der Waals surface area contributed by atoms with Crippen molar-refractivity contribution in [3.63, 3.8) is 0 Å². The Kier molecular flexibility index (Phi) is 3.87. The van der Waals surface area contributed by atoms with Gasteiger partial charge in [0.15, 0.2) is 0 Å². The number of nitrogens with zero attached hydrogens (tertiary/aromatic N) is 3. The highest BCUT2D eigenvalue weighted by molar-refractivity contribution is 6.21. The van der Waals surface area contributed by atoms with Crippen molar-refractivity contribution >= 4 is 17.4 Å². The molecule has 0 amide bonds. The fourth-order valence-corrected chi connectivity index (χ4v) is 2.97. The summed E-state index contributed by atoms with van der Waals surface area (Å²) in [5.74, 6) is 0.975. The Bertz CT molecular complexity index is 394. The summed E-state index contributed by atoms with van der Waals surface area (Å²) in [6.45, 7) is 3.98. The maximum Gasteiger partial charge on any atom is 0.150 e. The predicted octanol–water partition coefficient (Wildman–Crippen LogP) is 3.08. The number of alkyl halides is 1. The molecule has 0 aromatic carbocycles. The molecule has 1 aliphatic carbocycles. The quantitative estimate of drug-likeness (QED) is 0.759. The molecule has 0 spiro atoms. The number of hydrogen-bond donors (Lipinski definition) is 0. The van der Waals surface area contributed by atoms with Crippen molar-refractivity contribution in [2.75, 3.05) is 11.9 Å². The first kappa shape index (κ1) is 12.6. The average molecular weight is 254 g/mol. The molecule has 2 rings (SSSR count). The molecule has 2 atom stereocenters. The minimum atomic E-state index is 0.232. The maximum atomic E-state index is 6.43. The Balaban J connectivity index is 2.23. The van der Waals surface area contributed by atoms with Crippen LogP contribution in [-0.4, -0.2) is 28.4 Å². The van der Waals surface area contributed by atoms with E-state index in [0.717, 1.165) is 30.0 Å². The van der Waals surface area contributed by atoms with Crippen molar-refractivity contribution in [1.29, 1.82) is 0 Å². The van der Waals surface area contributed by atoms with Gasteiger partial charge in [-0.3, -0.25) is 4.98 Å². The SMILES string of the molecule is Cc1cnc(C)c(N(C)C2CCCCC2Cl)n1. The molecular weight excluding hydrogens is 234 g/mol. The van der Waals surface area contributed by atoms with Gasteiger partial charge in [-0.05, 0) is 26.7 Å². The highest BCUT2D eigenvalue weighted by Crippen LogP contribution is 2.29. The first-order chi connectivity index (χ1) is 8.09. The number of aryl methyl sites for hydroxylation is 2. The molecule has 0 saturated heterocycles. The van der Waals surface area contributed by atoms with Gasteiger partial charge in [0.1, 0.15) is 5.82 Å². The van der Waals surface area contributed by atoms with Crippen LogP contribution in [0.1, 0.15) is 37.1 Å². The van der Waals surface area contributed by atoms with Gasteiger partial charge >= 0.3 is 0 Å². The molecule has 1 aromatic heterocycles. The zero-order valence-corrected chi connectivity index (χ0v) is 11.5. The van der Waals surface area contributed by atoms with Crippen LogP contribution < -0.4 is 4.90 Å². The third-order valence-corrected chi connectivity index (χ3v) is 4.04. The monoisotopic (exact) mass is 253 g/mol. The lowest BCUT2D eigenvalue weighted by Crippen LogP contribution is -2.41. The molecule has 1 aliphatic rings. The van der Waals surface area contributed by atoms with Crippen LogP contribution in [0.5, 0.6) is 0 Å². The zero-order valence-electron chi connectivity index (χ0n) is 10.8. The van der Waals surface area contributed by atoms with E-state index >= 15 is 0 Å². The normalized spacial score (nSPS) is 24.7. The molecule has 94 valence electrons. The Morgan fingerprint density at radius 1 is 1.29 bits per heavy atom. The van der Waals surface area contributed by atoms with Crippen molar-refractivity contribution in [2.24, 2.45) is 0 Å². The highest BCUT2D eigenvalue weighted by Gasteiger charge is 2.28. The van der Waals surface area contributed by atoms with Gasteiger partial charge in [0.25, 0.3) is 0 Å². The van der Waals surface area contributed by atoms with Gasteiger partial charge in [-0.1, -0.05) is 12.8 Å². The van der Waals surface area contributed by atoms with Crippen LogP contribution in [0.3, 0.4) is 0 Å². The summed E-state index contributed by atoms with van der Waals surface area (Å²) in [5.41, 5.74) is 1.94. The van der Waals surface area contributed by atoms with Crippen molar-refractivity contribution < 1.29 is 0 Å². The first-order valence-corrected chi connectivity index (χ1v) is 6.70. The predicted molar refractivity (Wildman–Crippen MR) is 71.8 cm³/mol. The van der Waals surface area contributed by atoms with Crippen molar-refractivity contribution in [3.8, 4) is 0 Å². The fourth-order valence-electron chi connectivity index (χ4n) is 2.52. The first-order valence-electron chi connectivity index (χ1n) is 6.26. The van der Waals surface area contributed by atoms with Crippen LogP contribution in [0.25, 0.3) is 0 Å². The highest BCUT2D eigenvalue weighted by atomic mass is 35.5. The van der Waals surface area contributed by atoms with Gasteiger partial charge in [0.2, 0.25) is 0 Å². The van der Waals surface area contributed by atoms with Crippen molar-refractivity contribution in [2.45, 2.75) is 50.9 Å². The molecule has 1 aromatic rings. The molecular formula is C13H20ClN3. The van der Waals surface area contributed by atoms with E-state index in [0.29, 0.717) is 6.04 Å². The van der Waals surface area contributed by atoms with Crippen LogP contribution in [-0.2, 0) is 0 Å². The third-order valence-electron chi connectivity index (χ3n) is 3.53. The lowest BCUT2D eigenvalue weighted by molar-refractivity contribution is 0.432. The largest absolute Gasteiger partial charge is 0.354 e. The number of halogens is 1. The molecule has 0 aliphatic heterocycles. The van der Waals surface area contributed by atoms with E-state index in [1.165, 1.54) is 12.8 Å². The van der Waals surface area contributed by atoms with Gasteiger partial charge in [-0.25, -0.2) is 4.98 Å². The second kappa shape index (κ2) is 5.21. The molecule has 4 heteroatoms. The van der Waals surface area contributed by atoms with Gasteiger partial charge in [-0.15, -0.1) is 11.6 Å². The van der Waals surface area contributed by atoms with E-state index in [1.54, 1.807) is 0 Å². The van der Waals surface area contributed by atoms with Gasteiger partial charge in [0.05, 0.1) is 16.8 Å². The average Bonchev–Trinajstić information content (AvgIpc) is 2.32. The topological polar surface area (TPSA) is 29.0 Å². The van der Waals surface area contributed by atoms with E-state index in [4.69, 9.17) is 11.6 Å². The number of anilines is 1. The summed E-state index contributed by atoms with van der Waals surface area (Å²) < 4.78 is 0. The molecule has 1 saturated carbocycles. The third kappa shape index (κ3) is 2.71. The molecule has 17 heavy (non-hydrogen) atoms. The number of aromatic nitrogens is 2. The Morgan fingerprint density at radius 2 is 2.00 bits per heavy atom. The Morgan fingerprint density at radius 3 is 2.71 bits per heavy atom. The molecule has 0 radical (unpaired) electrons. The zero-order chi connectivity index (χ0) is 12.4. The second-order valence-electron chi connectivity index (χ2n) is 4.90. The summed E-state index contributed by atoms with van der Waals surface area (Å²) in [7, 11) is 2.09. The minimum Gasteiger partial charge on any atom is -0.354 e. The summed E-state index contributed by atoms with van der Waals surface area (Å²) >= 11 is 6.43. The van der Waals surface area contributed by atoms with Crippen LogP contribution >= 0.6 is 11.6 Å². The van der Waals surface area contributed by atoms with Crippen LogP contribution in [0.2, 0.25) is 0 Å². The number of rotatable bonds is 2. The minimum absolute atomic E-state index is 0.232. The second-order valence-corrected chi connectivity index (χ2v) is 5.46. The molecule has 1 heterocycles. The summed E-state index contributed by atoms with van der Waals surface area (Å²) in [4.78, 5) is 11.2. The van der Waals surface area contributed by atoms with Crippen LogP contribution in [0.15, 0.2) is 6.20 Å². The molecule has 1 fully saturated rings. The molecule has 0 N–H and O–H groups in total. The lowest BCUT2D eigenvalue weighted by atomic mass is 9.94. The summed E-state index contributed by atoms with van der Waals surface area (Å²) in [6.07, 6.45) is 6.58. The summed E-state index contributed by atoms with van der Waals surface area (Å²) in [6, 6.07) is 0.389. The standard InChI is InChI=1S/C13H20ClN3/c1-9-8-15-10(2)13(16-9)17(3)12-7-5-4-6-11(12)14/h8,11-12H,4-7H2,1-3H3. The van der Waals surface area contributed by atoms with Crippen molar-refractivity contribution in [3.05, 3.63) is 17.6 Å². The van der Waals surface area contributed by atoms with Crippen molar-refractivity contribution in [1.82, 2.24) is 9.97 Å². The lowest BCUT2D eigenvalue weighted by Gasteiger charge is -2.36. The molecule has 3 nitrogen and oxygen atoms in total. The fraction of sp³-hybridized carbons (Fsp3) is 0.692. The number of hydrogen-bond acceptors (Lipinski definition) is 3. The van der Waals surface area contributed by atoms with Gasteiger partial charge in [0, 0.05) is 19.3 Å². The van der Waals surface area contributed by atoms with Crippen LogP contribution in [0.4, 0.5) is 5.82 Å². The Hall–Kier alpha value is -0.830. The molecule has 2 unspecified atom stereocenters. The van der Waals surface area contributed by atoms with E-state index < -0.39 is 0 Å². The van der Waals surface area contributed by atoms with E-state index in [-0.39, 0.29) is 5.38 Å². The smallest absolute Gasteiger partial charge is 0.150 e. The summed E-state index contributed by atoms with van der Waals surface area (Å²) in [5, 5.41) is 0.232.